The van der Waals surface area contributed by atoms with Crippen molar-refractivity contribution in [1.82, 2.24) is 4.31 Å². The van der Waals surface area contributed by atoms with Crippen LogP contribution in [0.15, 0.2) is 47.4 Å². The van der Waals surface area contributed by atoms with E-state index in [1.54, 1.807) is 19.1 Å². The van der Waals surface area contributed by atoms with Gasteiger partial charge in [-0.05, 0) is 75.1 Å². The third-order valence-electron chi connectivity index (χ3n) is 5.30. The van der Waals surface area contributed by atoms with Gasteiger partial charge < -0.3 is 10.1 Å². The summed E-state index contributed by atoms with van der Waals surface area (Å²) in [6.45, 7) is 6.76. The predicted molar refractivity (Wildman–Crippen MR) is 114 cm³/mol. The topological polar surface area (TPSA) is 75.7 Å². The molecule has 3 rings (SSSR count). The molecule has 0 unspecified atom stereocenters. The lowest BCUT2D eigenvalue weighted by Crippen LogP contribution is -2.35. The highest BCUT2D eigenvalue weighted by atomic mass is 32.2. The van der Waals surface area contributed by atoms with E-state index < -0.39 is 16.1 Å². The highest BCUT2D eigenvalue weighted by Crippen LogP contribution is 2.24. The van der Waals surface area contributed by atoms with E-state index in [-0.39, 0.29) is 10.8 Å². The zero-order valence-electron chi connectivity index (χ0n) is 17.1. The average molecular weight is 417 g/mol. The quantitative estimate of drug-likeness (QED) is 0.775. The van der Waals surface area contributed by atoms with E-state index in [2.05, 4.69) is 5.32 Å². The summed E-state index contributed by atoms with van der Waals surface area (Å²) in [5.41, 5.74) is 2.63. The maximum Gasteiger partial charge on any atom is 0.265 e. The molecule has 7 heteroatoms. The van der Waals surface area contributed by atoms with Gasteiger partial charge in [0.1, 0.15) is 5.75 Å². The first-order valence-electron chi connectivity index (χ1n) is 9.93. The molecule has 0 aliphatic carbocycles. The van der Waals surface area contributed by atoms with Gasteiger partial charge in [0.05, 0.1) is 4.90 Å². The number of carbonyl (C=O) groups is 1. The molecule has 0 saturated carbocycles. The molecule has 1 aliphatic heterocycles. The number of sulfonamides is 1. The van der Waals surface area contributed by atoms with E-state index in [9.17, 15) is 13.2 Å². The largest absolute Gasteiger partial charge is 0.481 e. The molecule has 6 nitrogen and oxygen atoms in total. The number of hydrogen-bond acceptors (Lipinski definition) is 4. The molecule has 0 bridgehead atoms. The number of aryl methyl sites for hydroxylation is 1. The molecule has 0 radical (unpaired) electrons. The predicted octanol–water partition coefficient (Wildman–Crippen LogP) is 3.88. The van der Waals surface area contributed by atoms with E-state index >= 15 is 0 Å². The summed E-state index contributed by atoms with van der Waals surface area (Å²) < 4.78 is 32.8. The summed E-state index contributed by atoms with van der Waals surface area (Å²) in [5, 5.41) is 2.78. The number of nitrogens with one attached hydrogen (secondary N) is 1. The lowest BCUT2D eigenvalue weighted by molar-refractivity contribution is -0.122. The summed E-state index contributed by atoms with van der Waals surface area (Å²) >= 11 is 0. The summed E-state index contributed by atoms with van der Waals surface area (Å²) in [7, 11) is -3.48. The van der Waals surface area contributed by atoms with Crippen LogP contribution in [0.3, 0.4) is 0 Å². The number of hydrogen-bond donors (Lipinski definition) is 1. The summed E-state index contributed by atoms with van der Waals surface area (Å²) in [6.07, 6.45) is 2.17. The van der Waals surface area contributed by atoms with Crippen molar-refractivity contribution in [3.05, 3.63) is 53.6 Å². The highest BCUT2D eigenvalue weighted by molar-refractivity contribution is 7.89. The molecule has 1 N–H and O–H groups in total. The number of amides is 1. The Morgan fingerprint density at radius 3 is 2.34 bits per heavy atom. The van der Waals surface area contributed by atoms with Gasteiger partial charge in [-0.3, -0.25) is 4.79 Å². The van der Waals surface area contributed by atoms with Crippen molar-refractivity contribution < 1.29 is 17.9 Å². The Morgan fingerprint density at radius 1 is 1.03 bits per heavy atom. The Morgan fingerprint density at radius 2 is 1.69 bits per heavy atom. The van der Waals surface area contributed by atoms with Gasteiger partial charge in [-0.15, -0.1) is 0 Å². The fourth-order valence-electron chi connectivity index (χ4n) is 3.30. The zero-order valence-corrected chi connectivity index (χ0v) is 18.0. The summed E-state index contributed by atoms with van der Waals surface area (Å²) in [6, 6.07) is 12.0. The fourth-order valence-corrected chi connectivity index (χ4v) is 4.82. The summed E-state index contributed by atoms with van der Waals surface area (Å²) in [4.78, 5) is 12.7. The van der Waals surface area contributed by atoms with E-state index in [0.29, 0.717) is 24.5 Å². The van der Waals surface area contributed by atoms with Crippen LogP contribution in [0.4, 0.5) is 5.69 Å². The molecule has 156 valence electrons. The van der Waals surface area contributed by atoms with Gasteiger partial charge in [0.2, 0.25) is 10.0 Å². The normalized spacial score (nSPS) is 16.2. The third-order valence-corrected chi connectivity index (χ3v) is 7.22. The average Bonchev–Trinajstić information content (AvgIpc) is 2.72. The Hall–Kier alpha value is -2.38. The molecule has 1 heterocycles. The maximum absolute atomic E-state index is 12.7. The van der Waals surface area contributed by atoms with Crippen molar-refractivity contribution in [3.63, 3.8) is 0 Å². The van der Waals surface area contributed by atoms with Crippen LogP contribution in [0, 0.1) is 13.8 Å². The van der Waals surface area contributed by atoms with Crippen molar-refractivity contribution in [2.24, 2.45) is 0 Å². The van der Waals surface area contributed by atoms with Crippen LogP contribution in [0.2, 0.25) is 0 Å². The number of ether oxygens (including phenoxy) is 1. The van der Waals surface area contributed by atoms with Gasteiger partial charge in [0.15, 0.2) is 6.10 Å². The molecule has 0 spiro atoms. The Bertz CT molecular complexity index is 965. The van der Waals surface area contributed by atoms with Crippen LogP contribution < -0.4 is 10.1 Å². The van der Waals surface area contributed by atoms with E-state index in [1.807, 2.05) is 32.0 Å². The minimum absolute atomic E-state index is 0.247. The van der Waals surface area contributed by atoms with Crippen molar-refractivity contribution in [2.45, 2.75) is 51.0 Å². The van der Waals surface area contributed by atoms with Crippen molar-refractivity contribution in [2.75, 3.05) is 18.4 Å². The zero-order chi connectivity index (χ0) is 21.0. The molecular formula is C22H28N2O4S. The van der Waals surface area contributed by atoms with Gasteiger partial charge in [-0.2, -0.15) is 4.31 Å². The van der Waals surface area contributed by atoms with Gasteiger partial charge in [0.25, 0.3) is 5.91 Å². The molecule has 2 aromatic rings. The molecule has 29 heavy (non-hydrogen) atoms. The maximum atomic E-state index is 12.7. The number of benzene rings is 2. The van der Waals surface area contributed by atoms with Crippen molar-refractivity contribution in [3.8, 4) is 5.75 Å². The van der Waals surface area contributed by atoms with Crippen LogP contribution in [-0.2, 0) is 14.8 Å². The number of piperidine rings is 1. The Balaban J connectivity index is 1.64. The van der Waals surface area contributed by atoms with Crippen LogP contribution in [-0.4, -0.2) is 37.8 Å². The fraction of sp³-hybridized carbons (Fsp3) is 0.409. The monoisotopic (exact) mass is 416 g/mol. The lowest BCUT2D eigenvalue weighted by Gasteiger charge is -2.25. The Labute approximate surface area is 172 Å². The first-order chi connectivity index (χ1) is 13.8. The lowest BCUT2D eigenvalue weighted by atomic mass is 10.1. The van der Waals surface area contributed by atoms with E-state index in [4.69, 9.17) is 4.74 Å². The van der Waals surface area contributed by atoms with Gasteiger partial charge in [0, 0.05) is 18.8 Å². The van der Waals surface area contributed by atoms with Crippen LogP contribution in [0.1, 0.15) is 37.3 Å². The SMILES string of the molecule is Cc1cccc(O[C@@H](C)C(=O)Nc2ccc(S(=O)(=O)N3CCCCC3)cc2)c1C. The second-order valence-corrected chi connectivity index (χ2v) is 9.37. The van der Waals surface area contributed by atoms with Crippen LogP contribution in [0.25, 0.3) is 0 Å². The third kappa shape index (κ3) is 4.97. The van der Waals surface area contributed by atoms with Gasteiger partial charge >= 0.3 is 0 Å². The molecular weight excluding hydrogens is 388 g/mol. The highest BCUT2D eigenvalue weighted by Gasteiger charge is 2.26. The minimum atomic E-state index is -3.48. The number of rotatable bonds is 6. The van der Waals surface area contributed by atoms with Crippen molar-refractivity contribution in [1.29, 1.82) is 0 Å². The second kappa shape index (κ2) is 8.97. The van der Waals surface area contributed by atoms with Gasteiger partial charge in [-0.1, -0.05) is 18.6 Å². The number of carbonyl (C=O) groups excluding carboxylic acids is 1. The molecule has 1 fully saturated rings. The summed E-state index contributed by atoms with van der Waals surface area (Å²) in [5.74, 6) is 0.383. The first kappa shape index (κ1) is 21.3. The molecule has 1 aliphatic rings. The molecule has 0 aromatic heterocycles. The standard InChI is InChI=1S/C22H28N2O4S/c1-16-8-7-9-21(17(16)2)28-18(3)22(25)23-19-10-12-20(13-11-19)29(26,27)24-14-5-4-6-15-24/h7-13,18H,4-6,14-15H2,1-3H3,(H,23,25)/t18-/m0/s1. The molecule has 2 aromatic carbocycles. The minimum Gasteiger partial charge on any atom is -0.481 e. The van der Waals surface area contributed by atoms with E-state index in [1.165, 1.54) is 16.4 Å². The van der Waals surface area contributed by atoms with Gasteiger partial charge in [-0.25, -0.2) is 8.42 Å². The smallest absolute Gasteiger partial charge is 0.265 e. The Kier molecular flexibility index (Phi) is 6.59. The molecule has 1 saturated heterocycles. The van der Waals surface area contributed by atoms with Crippen LogP contribution >= 0.6 is 0 Å². The van der Waals surface area contributed by atoms with Crippen LogP contribution in [0.5, 0.6) is 5.75 Å². The second-order valence-electron chi connectivity index (χ2n) is 7.44. The number of nitrogens with zero attached hydrogens (tertiary/aromatic N) is 1. The first-order valence-corrected chi connectivity index (χ1v) is 11.4. The van der Waals surface area contributed by atoms with E-state index in [0.717, 1.165) is 30.4 Å². The molecule has 1 amide bonds. The number of anilines is 1. The molecule has 1 atom stereocenters. The van der Waals surface area contributed by atoms with Crippen molar-refractivity contribution >= 4 is 21.6 Å².